The fourth-order valence-corrected chi connectivity index (χ4v) is 1.95. The van der Waals surface area contributed by atoms with Crippen molar-refractivity contribution in [1.29, 1.82) is 0 Å². The fraction of sp³-hybridized carbons (Fsp3) is 0.250. The number of imidazole rings is 1. The molecule has 0 aliphatic rings. The van der Waals surface area contributed by atoms with Gasteiger partial charge in [-0.05, 0) is 42.8 Å². The van der Waals surface area contributed by atoms with Gasteiger partial charge in [0.25, 0.3) is 0 Å². The van der Waals surface area contributed by atoms with E-state index >= 15 is 0 Å². The summed E-state index contributed by atoms with van der Waals surface area (Å²) in [5.74, 6) is -1.06. The number of hydrogen-bond acceptors (Lipinski definition) is 1. The van der Waals surface area contributed by atoms with Crippen LogP contribution in [-0.4, -0.2) is 9.55 Å². The summed E-state index contributed by atoms with van der Waals surface area (Å²) < 4.78 is 28.4. The van der Waals surface area contributed by atoms with Crippen molar-refractivity contribution in [2.24, 2.45) is 0 Å². The molecule has 2 aromatic rings. The summed E-state index contributed by atoms with van der Waals surface area (Å²) in [5.41, 5.74) is 0.671. The zero-order valence-electron chi connectivity index (χ0n) is 9.12. The average Bonchev–Trinajstić information content (AvgIpc) is 2.63. The quantitative estimate of drug-likeness (QED) is 0.829. The molecule has 90 valence electrons. The van der Waals surface area contributed by atoms with Gasteiger partial charge >= 0.3 is 0 Å². The monoisotopic (exact) mass is 254 g/mol. The largest absolute Gasteiger partial charge is 0.337 e. The van der Waals surface area contributed by atoms with Crippen LogP contribution >= 0.6 is 12.2 Å². The number of nitrogens with zero attached hydrogens (tertiary/aromatic N) is 1. The minimum absolute atomic E-state index is 0.529. The van der Waals surface area contributed by atoms with Crippen LogP contribution in [0.2, 0.25) is 0 Å². The normalized spacial score (nSPS) is 10.7. The third-order valence-electron chi connectivity index (χ3n) is 2.51. The minimum atomic E-state index is -0.529. The van der Waals surface area contributed by atoms with E-state index in [1.165, 1.54) is 12.1 Å². The first-order valence-corrected chi connectivity index (χ1v) is 5.75. The summed E-state index contributed by atoms with van der Waals surface area (Å²) >= 11 is 5.04. The topological polar surface area (TPSA) is 20.7 Å². The lowest BCUT2D eigenvalue weighted by Crippen LogP contribution is -1.99. The number of halogens is 2. The van der Waals surface area contributed by atoms with Crippen molar-refractivity contribution in [3.8, 4) is 0 Å². The van der Waals surface area contributed by atoms with Crippen LogP contribution in [0, 0.1) is 16.4 Å². The molecule has 0 aliphatic heterocycles. The molecular weight excluding hydrogens is 242 g/mol. The van der Waals surface area contributed by atoms with Crippen molar-refractivity contribution >= 4 is 12.2 Å². The van der Waals surface area contributed by atoms with Gasteiger partial charge in [-0.1, -0.05) is 0 Å². The van der Waals surface area contributed by atoms with Gasteiger partial charge in [-0.15, -0.1) is 0 Å². The van der Waals surface area contributed by atoms with Gasteiger partial charge < -0.3 is 9.55 Å². The maximum Gasteiger partial charge on any atom is 0.177 e. The average molecular weight is 254 g/mol. The maximum absolute atomic E-state index is 12.9. The minimum Gasteiger partial charge on any atom is -0.337 e. The molecule has 17 heavy (non-hydrogen) atoms. The Balaban J connectivity index is 1.94. The molecule has 2 nitrogen and oxygen atoms in total. The first-order valence-electron chi connectivity index (χ1n) is 5.34. The van der Waals surface area contributed by atoms with Gasteiger partial charge in [0, 0.05) is 25.0 Å². The lowest BCUT2D eigenvalue weighted by atomic mass is 10.1. The van der Waals surface area contributed by atoms with Crippen LogP contribution in [0.4, 0.5) is 8.78 Å². The number of H-pyrrole nitrogens is 1. The number of hydrogen-bond donors (Lipinski definition) is 1. The van der Waals surface area contributed by atoms with Crippen LogP contribution in [0.25, 0.3) is 0 Å². The second-order valence-corrected chi connectivity index (χ2v) is 4.23. The fourth-order valence-electron chi connectivity index (χ4n) is 1.73. The van der Waals surface area contributed by atoms with Crippen molar-refractivity contribution in [2.45, 2.75) is 19.4 Å². The molecule has 0 fully saturated rings. The Kier molecular flexibility index (Phi) is 3.68. The number of nitrogens with one attached hydrogen (secondary N) is 1. The van der Waals surface area contributed by atoms with Gasteiger partial charge in [0.1, 0.15) is 11.6 Å². The lowest BCUT2D eigenvalue weighted by molar-refractivity contribution is 0.575. The van der Waals surface area contributed by atoms with E-state index in [1.54, 1.807) is 6.20 Å². The first kappa shape index (κ1) is 12.0. The van der Waals surface area contributed by atoms with E-state index in [1.807, 2.05) is 10.8 Å². The Morgan fingerprint density at radius 3 is 2.47 bits per heavy atom. The molecular formula is C12H12F2N2S. The van der Waals surface area contributed by atoms with Crippen LogP contribution in [0.3, 0.4) is 0 Å². The standard InChI is InChI=1S/C12H12F2N2S/c13-10-6-9(7-11(14)8-10)2-1-4-16-5-3-15-12(16)17/h3,5-8H,1-2,4H2,(H,15,17). The molecule has 1 heterocycles. The molecule has 0 saturated heterocycles. The van der Waals surface area contributed by atoms with E-state index in [0.717, 1.165) is 19.0 Å². The lowest BCUT2D eigenvalue weighted by Gasteiger charge is -2.03. The van der Waals surface area contributed by atoms with E-state index in [0.29, 0.717) is 16.8 Å². The van der Waals surface area contributed by atoms with Crippen molar-refractivity contribution in [1.82, 2.24) is 9.55 Å². The Morgan fingerprint density at radius 2 is 1.88 bits per heavy atom. The number of rotatable bonds is 4. The molecule has 0 unspecified atom stereocenters. The summed E-state index contributed by atoms with van der Waals surface area (Å²) in [6, 6.07) is 3.60. The van der Waals surface area contributed by atoms with Crippen LogP contribution in [0.1, 0.15) is 12.0 Å². The number of benzene rings is 1. The van der Waals surface area contributed by atoms with Crippen molar-refractivity contribution in [3.63, 3.8) is 0 Å². The highest BCUT2D eigenvalue weighted by Gasteiger charge is 2.01. The van der Waals surface area contributed by atoms with Gasteiger partial charge in [-0.3, -0.25) is 0 Å². The Bertz CT molecular complexity index is 539. The zero-order valence-corrected chi connectivity index (χ0v) is 9.94. The van der Waals surface area contributed by atoms with E-state index in [2.05, 4.69) is 4.98 Å². The second-order valence-electron chi connectivity index (χ2n) is 3.84. The third kappa shape index (κ3) is 3.23. The predicted octanol–water partition coefficient (Wildman–Crippen LogP) is 3.46. The van der Waals surface area contributed by atoms with Gasteiger partial charge in [0.15, 0.2) is 4.77 Å². The summed E-state index contributed by atoms with van der Waals surface area (Å²) in [5, 5.41) is 0. The SMILES string of the molecule is Fc1cc(F)cc(CCCn2cc[nH]c2=S)c1. The van der Waals surface area contributed by atoms with Crippen molar-refractivity contribution in [3.05, 3.63) is 52.6 Å². The Morgan fingerprint density at radius 1 is 1.18 bits per heavy atom. The molecule has 5 heteroatoms. The molecule has 0 aliphatic carbocycles. The van der Waals surface area contributed by atoms with E-state index < -0.39 is 11.6 Å². The summed E-state index contributed by atoms with van der Waals surface area (Å²) in [6.07, 6.45) is 5.04. The second kappa shape index (κ2) is 5.23. The summed E-state index contributed by atoms with van der Waals surface area (Å²) in [6.45, 7) is 0.737. The van der Waals surface area contributed by atoms with Gasteiger partial charge in [-0.25, -0.2) is 8.78 Å². The maximum atomic E-state index is 12.9. The van der Waals surface area contributed by atoms with Crippen LogP contribution in [0.5, 0.6) is 0 Å². The van der Waals surface area contributed by atoms with Crippen LogP contribution in [-0.2, 0) is 13.0 Å². The third-order valence-corrected chi connectivity index (χ3v) is 2.86. The molecule has 1 aromatic carbocycles. The van der Waals surface area contributed by atoms with E-state index in [9.17, 15) is 8.78 Å². The summed E-state index contributed by atoms with van der Waals surface area (Å²) in [4.78, 5) is 2.89. The highest BCUT2D eigenvalue weighted by molar-refractivity contribution is 7.71. The molecule has 0 saturated carbocycles. The molecule has 0 radical (unpaired) electrons. The number of aromatic amines is 1. The molecule has 1 aromatic heterocycles. The van der Waals surface area contributed by atoms with Gasteiger partial charge in [0.05, 0.1) is 0 Å². The van der Waals surface area contributed by atoms with E-state index in [4.69, 9.17) is 12.2 Å². The summed E-state index contributed by atoms with van der Waals surface area (Å²) in [7, 11) is 0. The molecule has 0 bridgehead atoms. The highest BCUT2D eigenvalue weighted by atomic mass is 32.1. The Labute approximate surface area is 103 Å². The predicted molar refractivity (Wildman–Crippen MR) is 64.3 cm³/mol. The molecule has 0 amide bonds. The number of aryl methyl sites for hydroxylation is 2. The molecule has 0 spiro atoms. The molecule has 2 rings (SSSR count). The Hall–Kier alpha value is -1.49. The molecule has 0 atom stereocenters. The highest BCUT2D eigenvalue weighted by Crippen LogP contribution is 2.10. The van der Waals surface area contributed by atoms with E-state index in [-0.39, 0.29) is 0 Å². The smallest absolute Gasteiger partial charge is 0.177 e. The first-order chi connectivity index (χ1) is 8.15. The molecule has 1 N–H and O–H groups in total. The van der Waals surface area contributed by atoms with Crippen LogP contribution in [0.15, 0.2) is 30.6 Å². The van der Waals surface area contributed by atoms with Crippen molar-refractivity contribution < 1.29 is 8.78 Å². The van der Waals surface area contributed by atoms with Crippen LogP contribution < -0.4 is 0 Å². The van der Waals surface area contributed by atoms with Gasteiger partial charge in [-0.2, -0.15) is 0 Å². The van der Waals surface area contributed by atoms with Crippen molar-refractivity contribution in [2.75, 3.05) is 0 Å². The zero-order chi connectivity index (χ0) is 12.3. The number of aromatic nitrogens is 2. The van der Waals surface area contributed by atoms with Gasteiger partial charge in [0.2, 0.25) is 0 Å².